The van der Waals surface area contributed by atoms with E-state index in [1.807, 2.05) is 67.8 Å². The molecule has 0 atom stereocenters. The number of hydrogen-bond acceptors (Lipinski definition) is 4. The lowest BCUT2D eigenvalue weighted by Gasteiger charge is -2.24. The largest absolute Gasteiger partial charge is 0.318 e. The molecule has 1 N–H and O–H groups in total. The third-order valence-corrected chi connectivity index (χ3v) is 8.70. The van der Waals surface area contributed by atoms with Crippen molar-refractivity contribution in [3.8, 4) is 5.69 Å². The van der Waals surface area contributed by atoms with Gasteiger partial charge >= 0.3 is 0 Å². The fraction of sp³-hybridized carbons (Fsp3) is 0.226. The van der Waals surface area contributed by atoms with E-state index in [0.29, 0.717) is 10.7 Å². The minimum atomic E-state index is -4.01. The van der Waals surface area contributed by atoms with Gasteiger partial charge in [0, 0.05) is 27.7 Å². The first kappa shape index (κ1) is 29.1. The van der Waals surface area contributed by atoms with Crippen LogP contribution >= 0.6 is 11.6 Å². The molecule has 0 saturated heterocycles. The van der Waals surface area contributed by atoms with Crippen LogP contribution in [0.3, 0.4) is 0 Å². The number of sulfonamides is 1. The molecule has 1 amide bonds. The van der Waals surface area contributed by atoms with E-state index in [1.165, 1.54) is 0 Å². The molecule has 0 bridgehead atoms. The lowest BCUT2D eigenvalue weighted by molar-refractivity contribution is -0.119. The summed E-state index contributed by atoms with van der Waals surface area (Å²) in [7, 11) is -4.01. The van der Waals surface area contributed by atoms with Crippen molar-refractivity contribution in [2.45, 2.75) is 45.4 Å². The first-order valence-electron chi connectivity index (χ1n) is 12.9. The smallest absolute Gasteiger partial charge is 0.264 e. The SMILES string of the molecule is Cc1ccc(S(=O)(=O)N(CC(=O)N/N=C\c2cc(C)n(-c3cccc(Cl)c3)c2C)c2ccc(C(C)C)cc2)cc1. The molecule has 9 heteroatoms. The van der Waals surface area contributed by atoms with Gasteiger partial charge in [0.15, 0.2) is 0 Å². The summed E-state index contributed by atoms with van der Waals surface area (Å²) in [5, 5.41) is 4.77. The number of carbonyl (C=O) groups excluding carboxylic acids is 1. The molecular weight excluding hydrogens is 544 g/mol. The van der Waals surface area contributed by atoms with E-state index in [4.69, 9.17) is 11.6 Å². The zero-order valence-corrected chi connectivity index (χ0v) is 24.8. The Labute approximate surface area is 241 Å². The molecule has 0 saturated carbocycles. The lowest BCUT2D eigenvalue weighted by Crippen LogP contribution is -2.39. The van der Waals surface area contributed by atoms with Crippen molar-refractivity contribution in [3.05, 3.63) is 112 Å². The normalized spacial score (nSPS) is 11.8. The van der Waals surface area contributed by atoms with Crippen LogP contribution in [-0.4, -0.2) is 31.7 Å². The van der Waals surface area contributed by atoms with Crippen molar-refractivity contribution in [1.29, 1.82) is 0 Å². The summed E-state index contributed by atoms with van der Waals surface area (Å²) in [6.07, 6.45) is 1.55. The van der Waals surface area contributed by atoms with E-state index in [-0.39, 0.29) is 10.8 Å². The highest BCUT2D eigenvalue weighted by Crippen LogP contribution is 2.26. The number of amides is 1. The summed E-state index contributed by atoms with van der Waals surface area (Å²) in [6.45, 7) is 9.50. The van der Waals surface area contributed by atoms with Crippen molar-refractivity contribution in [3.63, 3.8) is 0 Å². The topological polar surface area (TPSA) is 83.8 Å². The summed E-state index contributed by atoms with van der Waals surface area (Å²) in [5.41, 5.74) is 8.53. The molecule has 4 aromatic rings. The summed E-state index contributed by atoms with van der Waals surface area (Å²) in [5.74, 6) is -0.279. The number of nitrogens with zero attached hydrogens (tertiary/aromatic N) is 3. The van der Waals surface area contributed by atoms with Crippen molar-refractivity contribution in [2.24, 2.45) is 5.10 Å². The molecule has 0 unspecified atom stereocenters. The quantitative estimate of drug-likeness (QED) is 0.182. The van der Waals surface area contributed by atoms with Gasteiger partial charge in [0.25, 0.3) is 15.9 Å². The van der Waals surface area contributed by atoms with E-state index < -0.39 is 22.5 Å². The monoisotopic (exact) mass is 576 g/mol. The van der Waals surface area contributed by atoms with E-state index in [1.54, 1.807) is 42.6 Å². The first-order valence-corrected chi connectivity index (χ1v) is 14.8. The molecule has 0 aliphatic heterocycles. The second-order valence-electron chi connectivity index (χ2n) is 10.0. The summed E-state index contributed by atoms with van der Waals surface area (Å²) >= 11 is 6.18. The number of hydrogen-bond donors (Lipinski definition) is 1. The predicted molar refractivity (Wildman–Crippen MR) is 162 cm³/mol. The molecule has 208 valence electrons. The number of anilines is 1. The minimum Gasteiger partial charge on any atom is -0.318 e. The van der Waals surface area contributed by atoms with Crippen LogP contribution in [0.4, 0.5) is 5.69 Å². The van der Waals surface area contributed by atoms with Crippen LogP contribution in [0.5, 0.6) is 0 Å². The van der Waals surface area contributed by atoms with Crippen molar-refractivity contribution >= 4 is 39.4 Å². The van der Waals surface area contributed by atoms with Gasteiger partial charge in [0.05, 0.1) is 16.8 Å². The summed E-state index contributed by atoms with van der Waals surface area (Å²) in [6, 6.07) is 23.3. The number of hydrazone groups is 1. The van der Waals surface area contributed by atoms with Crippen LogP contribution in [0.1, 0.15) is 47.8 Å². The van der Waals surface area contributed by atoms with Crippen LogP contribution in [-0.2, 0) is 14.8 Å². The van der Waals surface area contributed by atoms with E-state index in [0.717, 1.165) is 38.1 Å². The van der Waals surface area contributed by atoms with E-state index in [2.05, 4.69) is 24.4 Å². The van der Waals surface area contributed by atoms with Gasteiger partial charge in [-0.2, -0.15) is 5.10 Å². The Bertz CT molecular complexity index is 1640. The van der Waals surface area contributed by atoms with Crippen LogP contribution in [0.15, 0.2) is 88.9 Å². The average molecular weight is 577 g/mol. The van der Waals surface area contributed by atoms with Crippen LogP contribution in [0, 0.1) is 20.8 Å². The highest BCUT2D eigenvalue weighted by atomic mass is 35.5. The predicted octanol–water partition coefficient (Wildman–Crippen LogP) is 6.52. The Morgan fingerprint density at radius 1 is 1.00 bits per heavy atom. The van der Waals surface area contributed by atoms with Crippen LogP contribution in [0.25, 0.3) is 5.69 Å². The minimum absolute atomic E-state index is 0.107. The maximum atomic E-state index is 13.6. The Balaban J connectivity index is 1.56. The second kappa shape index (κ2) is 12.1. The van der Waals surface area contributed by atoms with Gasteiger partial charge in [0.1, 0.15) is 6.54 Å². The second-order valence-corrected chi connectivity index (χ2v) is 12.3. The number of rotatable bonds is 9. The van der Waals surface area contributed by atoms with Gasteiger partial charge < -0.3 is 4.57 Å². The highest BCUT2D eigenvalue weighted by molar-refractivity contribution is 7.92. The third-order valence-electron chi connectivity index (χ3n) is 6.67. The standard InChI is InChI=1S/C31H33ClN4O3S/c1-21(2)25-11-13-28(14-12-25)35(40(38,39)30-15-9-22(3)10-16-30)20-31(37)34-33-19-26-17-23(4)36(24(26)5)29-8-6-7-27(32)18-29/h6-19,21H,20H2,1-5H3,(H,34,37)/b33-19-. The Kier molecular flexibility index (Phi) is 8.81. The summed E-state index contributed by atoms with van der Waals surface area (Å²) in [4.78, 5) is 13.1. The zero-order chi connectivity index (χ0) is 29.0. The molecule has 1 aromatic heterocycles. The van der Waals surface area contributed by atoms with Gasteiger partial charge in [0.2, 0.25) is 0 Å². The Morgan fingerprint density at radius 2 is 1.68 bits per heavy atom. The van der Waals surface area contributed by atoms with Gasteiger partial charge in [-0.3, -0.25) is 9.10 Å². The molecule has 0 aliphatic rings. The van der Waals surface area contributed by atoms with Gasteiger partial charge in [-0.15, -0.1) is 0 Å². The summed E-state index contributed by atoms with van der Waals surface area (Å²) < 4.78 is 30.4. The molecule has 1 heterocycles. The first-order chi connectivity index (χ1) is 19.0. The molecule has 0 radical (unpaired) electrons. The fourth-order valence-electron chi connectivity index (χ4n) is 4.45. The van der Waals surface area contributed by atoms with Crippen molar-refractivity contribution < 1.29 is 13.2 Å². The molecule has 4 rings (SSSR count). The molecule has 0 aliphatic carbocycles. The van der Waals surface area contributed by atoms with Gasteiger partial charge in [-0.1, -0.05) is 61.3 Å². The number of benzene rings is 3. The van der Waals surface area contributed by atoms with Gasteiger partial charge in [-0.25, -0.2) is 13.8 Å². The van der Waals surface area contributed by atoms with E-state index >= 15 is 0 Å². The van der Waals surface area contributed by atoms with Gasteiger partial charge in [-0.05, 0) is 80.8 Å². The molecule has 40 heavy (non-hydrogen) atoms. The fourth-order valence-corrected chi connectivity index (χ4v) is 6.05. The van der Waals surface area contributed by atoms with Crippen LogP contribution < -0.4 is 9.73 Å². The highest BCUT2D eigenvalue weighted by Gasteiger charge is 2.27. The number of carbonyl (C=O) groups is 1. The number of aromatic nitrogens is 1. The maximum Gasteiger partial charge on any atom is 0.264 e. The molecular formula is C31H33ClN4O3S. The third kappa shape index (κ3) is 6.46. The van der Waals surface area contributed by atoms with Crippen LogP contribution in [0.2, 0.25) is 5.02 Å². The number of aryl methyl sites for hydroxylation is 2. The number of nitrogens with one attached hydrogen (secondary N) is 1. The molecule has 3 aromatic carbocycles. The molecule has 0 spiro atoms. The average Bonchev–Trinajstić information content (AvgIpc) is 3.20. The van der Waals surface area contributed by atoms with Crippen molar-refractivity contribution in [1.82, 2.24) is 9.99 Å². The Morgan fingerprint density at radius 3 is 2.30 bits per heavy atom. The maximum absolute atomic E-state index is 13.6. The zero-order valence-electron chi connectivity index (χ0n) is 23.2. The van der Waals surface area contributed by atoms with Crippen molar-refractivity contribution in [2.75, 3.05) is 10.8 Å². The Hall–Kier alpha value is -3.88. The van der Waals surface area contributed by atoms with E-state index in [9.17, 15) is 13.2 Å². The lowest BCUT2D eigenvalue weighted by atomic mass is 10.0. The molecule has 7 nitrogen and oxygen atoms in total. The molecule has 0 fully saturated rings. The number of halogens is 1.